The van der Waals surface area contributed by atoms with Crippen LogP contribution in [0.2, 0.25) is 0 Å². The lowest BCUT2D eigenvalue weighted by Gasteiger charge is -2.13. The molecule has 1 aromatic carbocycles. The van der Waals surface area contributed by atoms with Crippen LogP contribution in [0.5, 0.6) is 5.75 Å². The number of hydrogen-bond donors (Lipinski definition) is 2. The van der Waals surface area contributed by atoms with Crippen molar-refractivity contribution >= 4 is 39.0 Å². The van der Waals surface area contributed by atoms with Gasteiger partial charge in [0.25, 0.3) is 0 Å². The van der Waals surface area contributed by atoms with Gasteiger partial charge in [-0.25, -0.2) is 14.2 Å². The lowest BCUT2D eigenvalue weighted by atomic mass is 10.0. The quantitative estimate of drug-likeness (QED) is 0.390. The van der Waals surface area contributed by atoms with Gasteiger partial charge in [0.2, 0.25) is 11.9 Å². The average molecular weight is 503 g/mol. The van der Waals surface area contributed by atoms with Crippen LogP contribution in [0.4, 0.5) is 15.2 Å². The van der Waals surface area contributed by atoms with Gasteiger partial charge in [-0.15, -0.1) is 0 Å². The number of aromatic nitrogens is 2. The molecule has 180 valence electrons. The Balaban J connectivity index is 1.55. The number of pyridine rings is 1. The molecule has 1 amide bonds. The molecule has 2 N–H and O–H groups in total. The summed E-state index contributed by atoms with van der Waals surface area (Å²) in [5.41, 5.74) is 2.64. The number of carbonyl (C=O) groups excluding carboxylic acids is 1. The molecule has 4 rings (SSSR count). The standard InChI is InChI=1S/C24H27FN4O3S2/c1-14-10-21(25)26-13-18(14)29-34(31)20-12-17(8-9-19(20)32-3)23-15(2)27-24(33-23)28-22(30)11-16-6-4-5-7-16/h8-10,12-13,16,29H,4-7,11H2,1-3H3,(H,27,28,30). The highest BCUT2D eigenvalue weighted by molar-refractivity contribution is 7.86. The van der Waals surface area contributed by atoms with Crippen molar-refractivity contribution < 1.29 is 18.1 Å². The van der Waals surface area contributed by atoms with Gasteiger partial charge in [-0.2, -0.15) is 4.39 Å². The maximum Gasteiger partial charge on any atom is 0.226 e. The van der Waals surface area contributed by atoms with E-state index in [4.69, 9.17) is 4.74 Å². The fourth-order valence-corrected chi connectivity index (χ4v) is 6.18. The molecule has 0 bridgehead atoms. The Morgan fingerprint density at radius 2 is 2.03 bits per heavy atom. The zero-order valence-corrected chi connectivity index (χ0v) is 20.9. The second-order valence-corrected chi connectivity index (χ2v) is 10.6. The van der Waals surface area contributed by atoms with E-state index in [2.05, 4.69) is 20.0 Å². The summed E-state index contributed by atoms with van der Waals surface area (Å²) < 4.78 is 34.8. The van der Waals surface area contributed by atoms with E-state index >= 15 is 0 Å². The SMILES string of the molecule is COc1ccc(-c2sc(NC(=O)CC3CCCC3)nc2C)cc1S(=O)Nc1cnc(F)cc1C. The average Bonchev–Trinajstić information content (AvgIpc) is 3.44. The summed E-state index contributed by atoms with van der Waals surface area (Å²) in [5, 5.41) is 3.49. The first-order valence-corrected chi connectivity index (χ1v) is 13.1. The number of nitrogens with zero attached hydrogens (tertiary/aromatic N) is 2. The molecule has 0 spiro atoms. The van der Waals surface area contributed by atoms with E-state index in [1.54, 1.807) is 19.1 Å². The molecule has 1 aliphatic carbocycles. The number of halogens is 1. The monoisotopic (exact) mass is 502 g/mol. The third-order valence-corrected chi connectivity index (χ3v) is 8.14. The van der Waals surface area contributed by atoms with Crippen molar-refractivity contribution in [2.75, 3.05) is 17.1 Å². The van der Waals surface area contributed by atoms with Gasteiger partial charge >= 0.3 is 0 Å². The Bertz CT molecular complexity index is 1220. The van der Waals surface area contributed by atoms with Crippen LogP contribution in [0, 0.1) is 25.7 Å². The summed E-state index contributed by atoms with van der Waals surface area (Å²) in [4.78, 5) is 21.9. The van der Waals surface area contributed by atoms with E-state index in [9.17, 15) is 13.4 Å². The van der Waals surface area contributed by atoms with Crippen molar-refractivity contribution in [3.8, 4) is 16.2 Å². The predicted octanol–water partition coefficient (Wildman–Crippen LogP) is 5.62. The Labute approximate surface area is 204 Å². The topological polar surface area (TPSA) is 93.2 Å². The smallest absolute Gasteiger partial charge is 0.226 e. The highest BCUT2D eigenvalue weighted by Crippen LogP contribution is 2.37. The highest BCUT2D eigenvalue weighted by Gasteiger charge is 2.21. The van der Waals surface area contributed by atoms with Gasteiger partial charge in [0.1, 0.15) is 10.6 Å². The molecule has 2 heterocycles. The van der Waals surface area contributed by atoms with Crippen LogP contribution in [0.1, 0.15) is 43.4 Å². The number of hydrogen-bond acceptors (Lipinski definition) is 6. The summed E-state index contributed by atoms with van der Waals surface area (Å²) in [6.45, 7) is 3.59. The fourth-order valence-electron chi connectivity index (χ4n) is 4.11. The van der Waals surface area contributed by atoms with Gasteiger partial charge in [0.05, 0.1) is 29.6 Å². The van der Waals surface area contributed by atoms with Gasteiger partial charge in [-0.3, -0.25) is 9.52 Å². The molecule has 7 nitrogen and oxygen atoms in total. The molecular weight excluding hydrogens is 475 g/mol. The van der Waals surface area contributed by atoms with Gasteiger partial charge in [-0.05, 0) is 68.0 Å². The van der Waals surface area contributed by atoms with Crippen molar-refractivity contribution in [1.29, 1.82) is 0 Å². The number of rotatable bonds is 8. The lowest BCUT2D eigenvalue weighted by molar-refractivity contribution is -0.117. The molecule has 1 saturated carbocycles. The van der Waals surface area contributed by atoms with E-state index in [1.165, 1.54) is 43.6 Å². The third-order valence-electron chi connectivity index (χ3n) is 5.90. The van der Waals surface area contributed by atoms with E-state index in [0.717, 1.165) is 29.0 Å². The number of ether oxygens (including phenoxy) is 1. The van der Waals surface area contributed by atoms with Crippen molar-refractivity contribution in [1.82, 2.24) is 9.97 Å². The van der Waals surface area contributed by atoms with Crippen molar-refractivity contribution in [3.05, 3.63) is 47.7 Å². The summed E-state index contributed by atoms with van der Waals surface area (Å²) >= 11 is 1.39. The lowest BCUT2D eigenvalue weighted by Crippen LogP contribution is -2.14. The van der Waals surface area contributed by atoms with Crippen LogP contribution >= 0.6 is 11.3 Å². The normalized spacial score (nSPS) is 14.7. The molecule has 3 aromatic rings. The molecule has 10 heteroatoms. The number of thiazole rings is 1. The fraction of sp³-hybridized carbons (Fsp3) is 0.375. The number of anilines is 2. The second kappa shape index (κ2) is 10.6. The zero-order valence-electron chi connectivity index (χ0n) is 19.3. The number of benzene rings is 1. The zero-order chi connectivity index (χ0) is 24.2. The van der Waals surface area contributed by atoms with Crippen LogP contribution in [0.3, 0.4) is 0 Å². The van der Waals surface area contributed by atoms with E-state index < -0.39 is 16.9 Å². The van der Waals surface area contributed by atoms with Crippen LogP contribution in [-0.4, -0.2) is 27.2 Å². The molecular formula is C24H27FN4O3S2. The molecule has 0 saturated heterocycles. The number of aryl methyl sites for hydroxylation is 2. The molecule has 34 heavy (non-hydrogen) atoms. The number of carbonyl (C=O) groups is 1. The summed E-state index contributed by atoms with van der Waals surface area (Å²) in [6.07, 6.45) is 6.47. The first-order chi connectivity index (χ1) is 16.3. The Morgan fingerprint density at radius 3 is 2.74 bits per heavy atom. The number of methoxy groups -OCH3 is 1. The Hall–Kier alpha value is -2.85. The molecule has 1 unspecified atom stereocenters. The van der Waals surface area contributed by atoms with Crippen molar-refractivity contribution in [3.63, 3.8) is 0 Å². The Morgan fingerprint density at radius 1 is 1.26 bits per heavy atom. The minimum absolute atomic E-state index is 0.00352. The van der Waals surface area contributed by atoms with Crippen molar-refractivity contribution in [2.24, 2.45) is 5.92 Å². The van der Waals surface area contributed by atoms with E-state index in [-0.39, 0.29) is 5.91 Å². The van der Waals surface area contributed by atoms with Crippen LogP contribution < -0.4 is 14.8 Å². The molecule has 1 aliphatic rings. The Kier molecular flexibility index (Phi) is 7.57. The first kappa shape index (κ1) is 24.3. The van der Waals surface area contributed by atoms with Crippen molar-refractivity contribution in [2.45, 2.75) is 50.8 Å². The van der Waals surface area contributed by atoms with Gasteiger partial charge in [0.15, 0.2) is 16.1 Å². The van der Waals surface area contributed by atoms with Crippen LogP contribution in [0.25, 0.3) is 10.4 Å². The van der Waals surface area contributed by atoms with Gasteiger partial charge in [0, 0.05) is 6.42 Å². The number of nitrogens with one attached hydrogen (secondary N) is 2. The maximum absolute atomic E-state index is 13.3. The first-order valence-electron chi connectivity index (χ1n) is 11.1. The molecule has 2 aromatic heterocycles. The van der Waals surface area contributed by atoms with E-state index in [1.807, 2.05) is 13.0 Å². The third kappa shape index (κ3) is 5.61. The predicted molar refractivity (Wildman–Crippen MR) is 133 cm³/mol. The number of amides is 1. The second-order valence-electron chi connectivity index (χ2n) is 8.39. The summed E-state index contributed by atoms with van der Waals surface area (Å²) in [5.74, 6) is 0.318. The minimum Gasteiger partial charge on any atom is -0.495 e. The maximum atomic E-state index is 13.3. The van der Waals surface area contributed by atoms with Crippen LogP contribution in [0.15, 0.2) is 35.4 Å². The summed E-state index contributed by atoms with van der Waals surface area (Å²) in [7, 11) is -0.171. The highest BCUT2D eigenvalue weighted by atomic mass is 32.2. The molecule has 0 radical (unpaired) electrons. The largest absolute Gasteiger partial charge is 0.495 e. The summed E-state index contributed by atoms with van der Waals surface area (Å²) in [6, 6.07) is 6.67. The molecule has 1 atom stereocenters. The molecule has 1 fully saturated rings. The van der Waals surface area contributed by atoms with Gasteiger partial charge in [-0.1, -0.05) is 24.2 Å². The van der Waals surface area contributed by atoms with Gasteiger partial charge < -0.3 is 10.1 Å². The molecule has 0 aliphatic heterocycles. The van der Waals surface area contributed by atoms with E-state index in [0.29, 0.717) is 39.4 Å². The minimum atomic E-state index is -1.68. The van der Waals surface area contributed by atoms with Crippen LogP contribution in [-0.2, 0) is 15.8 Å².